The first-order chi connectivity index (χ1) is 8.72. The Hall–Kier alpha value is -0.760. The minimum absolute atomic E-state index is 0.136. The van der Waals surface area contributed by atoms with Gasteiger partial charge < -0.3 is 0 Å². The van der Waals surface area contributed by atoms with Crippen LogP contribution in [0.15, 0.2) is 35.2 Å². The fraction of sp³-hybridized carbons (Fsp3) is 0.562. The van der Waals surface area contributed by atoms with Crippen LogP contribution in [0.3, 0.4) is 0 Å². The molecule has 2 heteroatoms. The number of benzene rings is 1. The fourth-order valence-corrected chi connectivity index (χ4v) is 4.59. The molecule has 0 aliphatic heterocycles. The summed E-state index contributed by atoms with van der Waals surface area (Å²) < 4.78 is 0. The Kier molecular flexibility index (Phi) is 3.23. The molecule has 2 fully saturated rings. The van der Waals surface area contributed by atoms with Gasteiger partial charge >= 0.3 is 0 Å². The van der Waals surface area contributed by atoms with Gasteiger partial charge in [-0.3, -0.25) is 4.79 Å². The lowest BCUT2D eigenvalue weighted by atomic mass is 9.47. The normalized spacial score (nSPS) is 31.8. The lowest BCUT2D eigenvalue weighted by Crippen LogP contribution is -2.55. The van der Waals surface area contributed by atoms with Gasteiger partial charge in [-0.05, 0) is 43.2 Å². The van der Waals surface area contributed by atoms with Crippen LogP contribution in [-0.2, 0) is 4.79 Å². The lowest BCUT2D eigenvalue weighted by molar-refractivity contribution is -0.157. The highest BCUT2D eigenvalue weighted by Crippen LogP contribution is 2.60. The molecule has 3 rings (SSSR count). The van der Waals surface area contributed by atoms with Gasteiger partial charge in [-0.2, -0.15) is 0 Å². The molecule has 3 atom stereocenters. The third-order valence-electron chi connectivity index (χ3n) is 4.91. The largest absolute Gasteiger partial charge is 0.299 e. The summed E-state index contributed by atoms with van der Waals surface area (Å²) in [4.78, 5) is 13.2. The van der Waals surface area contributed by atoms with Crippen LogP contribution in [0.1, 0.15) is 32.6 Å². The van der Waals surface area contributed by atoms with E-state index in [2.05, 4.69) is 37.3 Å². The second kappa shape index (κ2) is 4.73. The Morgan fingerprint density at radius 3 is 2.61 bits per heavy atom. The maximum Gasteiger partial charge on any atom is 0.139 e. The monoisotopic (exact) mass is 260 g/mol. The summed E-state index contributed by atoms with van der Waals surface area (Å²) in [6.07, 6.45) is 4.44. The third-order valence-corrected chi connectivity index (χ3v) is 6.21. The number of ketones is 1. The van der Waals surface area contributed by atoms with Gasteiger partial charge in [0.25, 0.3) is 0 Å². The predicted octanol–water partition coefficient (Wildman–Crippen LogP) is 4.17. The molecule has 2 saturated carbocycles. The Morgan fingerprint density at radius 1 is 1.33 bits per heavy atom. The molecule has 0 amide bonds. The minimum atomic E-state index is 0.136. The third kappa shape index (κ3) is 1.91. The zero-order valence-electron chi connectivity index (χ0n) is 10.9. The molecule has 0 heterocycles. The van der Waals surface area contributed by atoms with E-state index in [1.54, 1.807) is 0 Å². The second-order valence-electron chi connectivity index (χ2n) is 5.83. The van der Waals surface area contributed by atoms with Crippen LogP contribution in [-0.4, -0.2) is 11.5 Å². The van der Waals surface area contributed by atoms with E-state index in [1.165, 1.54) is 11.3 Å². The highest BCUT2D eigenvalue weighted by atomic mass is 32.2. The molecule has 1 aromatic carbocycles. The number of carbonyl (C=O) groups excluding carboxylic acids is 1. The summed E-state index contributed by atoms with van der Waals surface area (Å²) in [6.45, 7) is 2.33. The number of carbonyl (C=O) groups is 1. The zero-order chi connectivity index (χ0) is 12.6. The molecule has 0 bridgehead atoms. The average Bonchev–Trinajstić information content (AvgIpc) is 2.35. The van der Waals surface area contributed by atoms with Gasteiger partial charge in [-0.25, -0.2) is 0 Å². The van der Waals surface area contributed by atoms with Gasteiger partial charge in [0.2, 0.25) is 0 Å². The van der Waals surface area contributed by atoms with Crippen molar-refractivity contribution in [2.24, 2.45) is 17.3 Å². The predicted molar refractivity (Wildman–Crippen MR) is 75.7 cm³/mol. The van der Waals surface area contributed by atoms with Crippen molar-refractivity contribution < 1.29 is 4.79 Å². The summed E-state index contributed by atoms with van der Waals surface area (Å²) in [5.74, 6) is 3.02. The molecule has 1 nitrogen and oxygen atoms in total. The molecule has 2 aliphatic rings. The first-order valence-electron chi connectivity index (χ1n) is 6.93. The Bertz CT molecular complexity index is 438. The summed E-state index contributed by atoms with van der Waals surface area (Å²) in [5.41, 5.74) is 0.136. The number of Topliss-reactive ketones (excluding diaryl/α,β-unsaturated/α-hetero) is 1. The van der Waals surface area contributed by atoms with Crippen LogP contribution < -0.4 is 0 Å². The van der Waals surface area contributed by atoms with Crippen molar-refractivity contribution in [3.63, 3.8) is 0 Å². The van der Waals surface area contributed by atoms with Crippen molar-refractivity contribution >= 4 is 17.5 Å². The van der Waals surface area contributed by atoms with Crippen molar-refractivity contribution in [3.8, 4) is 0 Å². The number of hydrogen-bond acceptors (Lipinski definition) is 2. The van der Waals surface area contributed by atoms with Crippen LogP contribution in [0.4, 0.5) is 0 Å². The van der Waals surface area contributed by atoms with E-state index in [0.29, 0.717) is 17.6 Å². The molecule has 0 saturated heterocycles. The molecule has 96 valence electrons. The molecule has 0 radical (unpaired) electrons. The first kappa shape index (κ1) is 12.3. The lowest BCUT2D eigenvalue weighted by Gasteiger charge is -2.56. The standard InChI is InChI=1S/C16H20OS/c1-12(11-18-13-5-3-2-4-6-13)14-7-9-16(14)10-8-15(16)17/h2-6,12,14H,7-11H2,1H3. The van der Waals surface area contributed by atoms with Gasteiger partial charge in [-0.1, -0.05) is 25.1 Å². The number of hydrogen-bond donors (Lipinski definition) is 0. The van der Waals surface area contributed by atoms with E-state index in [4.69, 9.17) is 0 Å². The molecule has 0 N–H and O–H groups in total. The summed E-state index contributed by atoms with van der Waals surface area (Å²) in [6, 6.07) is 10.6. The van der Waals surface area contributed by atoms with E-state index in [0.717, 1.165) is 25.0 Å². The van der Waals surface area contributed by atoms with Crippen molar-refractivity contribution in [1.82, 2.24) is 0 Å². The van der Waals surface area contributed by atoms with Crippen LogP contribution in [0.2, 0.25) is 0 Å². The van der Waals surface area contributed by atoms with Crippen LogP contribution >= 0.6 is 11.8 Å². The average molecular weight is 260 g/mol. The van der Waals surface area contributed by atoms with Gasteiger partial charge in [-0.15, -0.1) is 11.8 Å². The smallest absolute Gasteiger partial charge is 0.139 e. The molecule has 2 aliphatic carbocycles. The number of thioether (sulfide) groups is 1. The molecular weight excluding hydrogens is 240 g/mol. The Labute approximate surface area is 113 Å². The van der Waals surface area contributed by atoms with E-state index >= 15 is 0 Å². The zero-order valence-corrected chi connectivity index (χ0v) is 11.7. The topological polar surface area (TPSA) is 17.1 Å². The highest BCUT2D eigenvalue weighted by Gasteiger charge is 2.58. The maximum absolute atomic E-state index is 11.8. The molecule has 0 aromatic heterocycles. The number of rotatable bonds is 4. The fourth-order valence-electron chi connectivity index (χ4n) is 3.55. The first-order valence-corrected chi connectivity index (χ1v) is 7.92. The van der Waals surface area contributed by atoms with Crippen LogP contribution in [0.25, 0.3) is 0 Å². The van der Waals surface area contributed by atoms with E-state index < -0.39 is 0 Å². The Balaban J connectivity index is 1.56. The molecule has 1 spiro atoms. The van der Waals surface area contributed by atoms with Crippen LogP contribution in [0, 0.1) is 17.3 Å². The quantitative estimate of drug-likeness (QED) is 0.756. The van der Waals surface area contributed by atoms with E-state index in [-0.39, 0.29) is 5.41 Å². The van der Waals surface area contributed by atoms with Gasteiger partial charge in [0.15, 0.2) is 0 Å². The molecular formula is C16H20OS. The van der Waals surface area contributed by atoms with E-state index in [1.807, 2.05) is 11.8 Å². The van der Waals surface area contributed by atoms with Gasteiger partial charge in [0, 0.05) is 22.5 Å². The van der Waals surface area contributed by atoms with Gasteiger partial charge in [0.1, 0.15) is 5.78 Å². The minimum Gasteiger partial charge on any atom is -0.299 e. The van der Waals surface area contributed by atoms with Gasteiger partial charge in [0.05, 0.1) is 0 Å². The Morgan fingerprint density at radius 2 is 2.11 bits per heavy atom. The SMILES string of the molecule is CC(CSc1ccccc1)C1CCC12CCC2=O. The molecule has 18 heavy (non-hydrogen) atoms. The maximum atomic E-state index is 11.8. The van der Waals surface area contributed by atoms with E-state index in [9.17, 15) is 4.79 Å². The van der Waals surface area contributed by atoms with Crippen molar-refractivity contribution in [3.05, 3.63) is 30.3 Å². The van der Waals surface area contributed by atoms with Crippen molar-refractivity contribution in [2.75, 3.05) is 5.75 Å². The summed E-state index contributed by atoms with van der Waals surface area (Å²) >= 11 is 1.93. The van der Waals surface area contributed by atoms with Crippen molar-refractivity contribution in [1.29, 1.82) is 0 Å². The van der Waals surface area contributed by atoms with Crippen molar-refractivity contribution in [2.45, 2.75) is 37.5 Å². The summed E-state index contributed by atoms with van der Waals surface area (Å²) in [5, 5.41) is 0. The van der Waals surface area contributed by atoms with Crippen LogP contribution in [0.5, 0.6) is 0 Å². The second-order valence-corrected chi connectivity index (χ2v) is 6.92. The highest BCUT2D eigenvalue weighted by molar-refractivity contribution is 7.99. The molecule has 1 aromatic rings. The summed E-state index contributed by atoms with van der Waals surface area (Å²) in [7, 11) is 0. The molecule has 3 unspecified atom stereocenters.